The van der Waals surface area contributed by atoms with Gasteiger partial charge in [-0.15, -0.1) is 0 Å². The second kappa shape index (κ2) is 44.1. The van der Waals surface area contributed by atoms with E-state index in [2.05, 4.69) is 62.5 Å². The highest BCUT2D eigenvalue weighted by Crippen LogP contribution is 2.43. The van der Waals surface area contributed by atoms with Gasteiger partial charge >= 0.3 is 13.8 Å². The van der Waals surface area contributed by atoms with Crippen LogP contribution in [0.1, 0.15) is 213 Å². The van der Waals surface area contributed by atoms with E-state index in [0.717, 1.165) is 57.8 Å². The number of esters is 1. The van der Waals surface area contributed by atoms with Crippen molar-refractivity contribution in [2.24, 2.45) is 0 Å². The van der Waals surface area contributed by atoms with Gasteiger partial charge in [-0.3, -0.25) is 13.8 Å². The van der Waals surface area contributed by atoms with Crippen LogP contribution >= 0.6 is 7.82 Å². The van der Waals surface area contributed by atoms with E-state index >= 15 is 0 Å². The Morgan fingerprint density at radius 3 is 1.45 bits per heavy atom. The van der Waals surface area contributed by atoms with Crippen molar-refractivity contribution in [3.8, 4) is 0 Å². The number of phosphoric ester groups is 1. The van der Waals surface area contributed by atoms with Gasteiger partial charge in [-0.25, -0.2) is 4.57 Å². The van der Waals surface area contributed by atoms with Crippen LogP contribution in [0.3, 0.4) is 0 Å². The maximum absolute atomic E-state index is 12.7. The van der Waals surface area contributed by atoms with Crippen molar-refractivity contribution in [1.82, 2.24) is 0 Å². The lowest BCUT2D eigenvalue weighted by molar-refractivity contribution is -0.870. The van der Waals surface area contributed by atoms with Gasteiger partial charge in [0.1, 0.15) is 19.3 Å². The van der Waals surface area contributed by atoms with Gasteiger partial charge in [0.2, 0.25) is 0 Å². The number of unbranched alkanes of at least 4 members (excludes halogenated alkanes) is 24. The highest BCUT2D eigenvalue weighted by Gasteiger charge is 2.26. The molecule has 0 aliphatic carbocycles. The van der Waals surface area contributed by atoms with Crippen LogP contribution in [0.15, 0.2) is 48.6 Å². The van der Waals surface area contributed by atoms with Crippen LogP contribution in [0.25, 0.3) is 0 Å². The fraction of sp³-hybridized carbons (Fsp3) is 0.824. The molecule has 0 heterocycles. The molecule has 0 radical (unpaired) electrons. The molecule has 2 unspecified atom stereocenters. The number of quaternary nitrogens is 1. The van der Waals surface area contributed by atoms with Gasteiger partial charge in [-0.05, 0) is 51.4 Å². The third-order valence-electron chi connectivity index (χ3n) is 10.7. The molecule has 0 saturated carbocycles. The summed E-state index contributed by atoms with van der Waals surface area (Å²) in [6.07, 6.45) is 54.4. The standard InChI is InChI=1S/C51H96NO7P/c1-6-8-10-12-14-16-18-20-22-23-24-25-26-27-28-29-30-31-33-35-37-39-41-43-46-56-48-50(49-58-60(54,55)57-47-45-52(3,4)5)59-51(53)44-42-40-38-36-34-32-21-19-17-15-13-11-9-7-2/h8,10,14,16,20,22,24-25,50H,6-7,9,11-13,15,17-19,21,23,26-49H2,1-5H3/p+1/b10-8-,16-14-,22-20-,25-24-. The number of phosphoric acid groups is 1. The summed E-state index contributed by atoms with van der Waals surface area (Å²) in [7, 11) is 1.67. The third kappa shape index (κ3) is 47.5. The zero-order chi connectivity index (χ0) is 44.1. The van der Waals surface area contributed by atoms with Crippen LogP contribution in [0, 0.1) is 0 Å². The smallest absolute Gasteiger partial charge is 0.457 e. The molecule has 8 nitrogen and oxygen atoms in total. The molecule has 0 aromatic heterocycles. The predicted octanol–water partition coefficient (Wildman–Crippen LogP) is 15.1. The highest BCUT2D eigenvalue weighted by atomic mass is 31.2. The number of rotatable bonds is 46. The van der Waals surface area contributed by atoms with Crippen molar-refractivity contribution in [2.75, 3.05) is 54.1 Å². The summed E-state index contributed by atoms with van der Waals surface area (Å²) >= 11 is 0. The second-order valence-corrected chi connectivity index (χ2v) is 19.3. The largest absolute Gasteiger partial charge is 0.472 e. The number of hydrogen-bond donors (Lipinski definition) is 1. The number of carbonyl (C=O) groups is 1. The topological polar surface area (TPSA) is 91.3 Å². The van der Waals surface area contributed by atoms with E-state index in [1.165, 1.54) is 135 Å². The van der Waals surface area contributed by atoms with Crippen molar-refractivity contribution < 1.29 is 37.3 Å². The van der Waals surface area contributed by atoms with Gasteiger partial charge < -0.3 is 18.9 Å². The molecule has 0 rings (SSSR count). The van der Waals surface area contributed by atoms with Gasteiger partial charge in [-0.2, -0.15) is 0 Å². The van der Waals surface area contributed by atoms with Gasteiger partial charge in [0.25, 0.3) is 0 Å². The summed E-state index contributed by atoms with van der Waals surface area (Å²) in [4.78, 5) is 22.9. The molecule has 60 heavy (non-hydrogen) atoms. The summed E-state index contributed by atoms with van der Waals surface area (Å²) < 4.78 is 35.1. The maximum atomic E-state index is 12.7. The molecule has 352 valence electrons. The van der Waals surface area contributed by atoms with E-state index in [1.807, 2.05) is 21.1 Å². The average molecular weight is 867 g/mol. The minimum Gasteiger partial charge on any atom is -0.457 e. The molecule has 0 amide bonds. The number of likely N-dealkylation sites (N-methyl/N-ethyl adjacent to an activating group) is 1. The first-order valence-corrected chi connectivity index (χ1v) is 26.4. The second-order valence-electron chi connectivity index (χ2n) is 17.8. The quantitative estimate of drug-likeness (QED) is 0.0214. The lowest BCUT2D eigenvalue weighted by atomic mass is 10.0. The Morgan fingerprint density at radius 2 is 0.967 bits per heavy atom. The number of nitrogens with zero attached hydrogens (tertiary/aromatic N) is 1. The molecule has 0 spiro atoms. The van der Waals surface area contributed by atoms with E-state index in [1.54, 1.807) is 0 Å². The number of carbonyl (C=O) groups excluding carboxylic acids is 1. The fourth-order valence-corrected chi connectivity index (χ4v) is 7.58. The van der Waals surface area contributed by atoms with E-state index in [-0.39, 0.29) is 25.8 Å². The van der Waals surface area contributed by atoms with E-state index in [0.29, 0.717) is 24.1 Å². The molecule has 0 aromatic rings. The van der Waals surface area contributed by atoms with E-state index in [4.69, 9.17) is 18.5 Å². The Balaban J connectivity index is 4.10. The lowest BCUT2D eigenvalue weighted by Crippen LogP contribution is -2.37. The van der Waals surface area contributed by atoms with Crippen molar-refractivity contribution in [2.45, 2.75) is 219 Å². The normalized spacial score (nSPS) is 14.0. The first kappa shape index (κ1) is 58.5. The van der Waals surface area contributed by atoms with E-state index < -0.39 is 13.9 Å². The molecule has 0 fully saturated rings. The predicted molar refractivity (Wildman–Crippen MR) is 256 cm³/mol. The van der Waals surface area contributed by atoms with Crippen LogP contribution < -0.4 is 0 Å². The molecular weight excluding hydrogens is 770 g/mol. The number of allylic oxidation sites excluding steroid dienone is 8. The average Bonchev–Trinajstić information content (AvgIpc) is 3.20. The summed E-state index contributed by atoms with van der Waals surface area (Å²) in [5.41, 5.74) is 0. The highest BCUT2D eigenvalue weighted by molar-refractivity contribution is 7.47. The Labute approximate surface area is 371 Å². The molecule has 0 bridgehead atoms. The molecule has 0 saturated heterocycles. The monoisotopic (exact) mass is 867 g/mol. The zero-order valence-electron chi connectivity index (χ0n) is 39.9. The van der Waals surface area contributed by atoms with Crippen molar-refractivity contribution in [3.63, 3.8) is 0 Å². The van der Waals surface area contributed by atoms with Gasteiger partial charge in [-0.1, -0.05) is 204 Å². The molecule has 1 N–H and O–H groups in total. The van der Waals surface area contributed by atoms with Gasteiger partial charge in [0.05, 0.1) is 34.4 Å². The van der Waals surface area contributed by atoms with Crippen molar-refractivity contribution in [3.05, 3.63) is 48.6 Å². The van der Waals surface area contributed by atoms with Crippen LogP contribution in [0.4, 0.5) is 0 Å². The fourth-order valence-electron chi connectivity index (χ4n) is 6.84. The van der Waals surface area contributed by atoms with Gasteiger partial charge in [0, 0.05) is 13.0 Å². The molecule has 2 atom stereocenters. The number of ether oxygens (including phenoxy) is 2. The zero-order valence-corrected chi connectivity index (χ0v) is 40.8. The minimum absolute atomic E-state index is 0.0884. The van der Waals surface area contributed by atoms with Crippen LogP contribution in [-0.4, -0.2) is 75.6 Å². The van der Waals surface area contributed by atoms with Crippen molar-refractivity contribution in [1.29, 1.82) is 0 Å². The number of hydrogen-bond acceptors (Lipinski definition) is 6. The maximum Gasteiger partial charge on any atom is 0.472 e. The van der Waals surface area contributed by atoms with Crippen LogP contribution in [0.2, 0.25) is 0 Å². The first-order chi connectivity index (χ1) is 29.1. The Hall–Kier alpha value is -1.54. The Kier molecular flexibility index (Phi) is 43.0. The third-order valence-corrected chi connectivity index (χ3v) is 11.6. The summed E-state index contributed by atoms with van der Waals surface area (Å²) in [6, 6.07) is 0. The minimum atomic E-state index is -4.28. The first-order valence-electron chi connectivity index (χ1n) is 24.9. The summed E-state index contributed by atoms with van der Waals surface area (Å²) in [6.45, 7) is 5.53. The molecule has 0 aliphatic rings. The lowest BCUT2D eigenvalue weighted by Gasteiger charge is -2.24. The Bertz CT molecular complexity index is 1100. The van der Waals surface area contributed by atoms with Crippen LogP contribution in [-0.2, 0) is 27.9 Å². The molecule has 9 heteroatoms. The van der Waals surface area contributed by atoms with Crippen LogP contribution in [0.5, 0.6) is 0 Å². The molecule has 0 aliphatic heterocycles. The summed E-state index contributed by atoms with van der Waals surface area (Å²) in [5, 5.41) is 0. The van der Waals surface area contributed by atoms with Gasteiger partial charge in [0.15, 0.2) is 0 Å². The summed E-state index contributed by atoms with van der Waals surface area (Å²) in [5.74, 6) is -0.313. The SMILES string of the molecule is CC/C=C\C/C=C\C/C=C\C/C=C\CCCCCCCCCCCCCOCC(COP(=O)(O)OCC[N+](C)(C)C)OC(=O)CCCCCCCCCCCCCCCC. The van der Waals surface area contributed by atoms with Crippen molar-refractivity contribution >= 4 is 13.8 Å². The Morgan fingerprint density at radius 1 is 0.533 bits per heavy atom. The van der Waals surface area contributed by atoms with E-state index in [9.17, 15) is 14.3 Å². The molecular formula is C51H97NO7P+. The molecule has 0 aromatic carbocycles.